The smallest absolute Gasteiger partial charge is 0.255 e. The van der Waals surface area contributed by atoms with Crippen LogP contribution in [0.4, 0.5) is 5.69 Å². The maximum absolute atomic E-state index is 12.8. The highest BCUT2D eigenvalue weighted by Crippen LogP contribution is 2.34. The molecule has 0 heterocycles. The quantitative estimate of drug-likeness (QED) is 0.681. The fourth-order valence-electron chi connectivity index (χ4n) is 3.27. The van der Waals surface area contributed by atoms with Crippen LogP contribution in [0.15, 0.2) is 41.3 Å². The molecule has 3 rings (SSSR count). The van der Waals surface area contributed by atoms with Crippen molar-refractivity contribution in [3.8, 4) is 11.5 Å². The van der Waals surface area contributed by atoms with E-state index in [9.17, 15) is 13.2 Å². The van der Waals surface area contributed by atoms with Crippen molar-refractivity contribution in [3.63, 3.8) is 0 Å². The lowest BCUT2D eigenvalue weighted by Gasteiger charge is -2.17. The molecule has 7 nitrogen and oxygen atoms in total. The molecule has 0 radical (unpaired) electrons. The van der Waals surface area contributed by atoms with Crippen LogP contribution >= 0.6 is 11.6 Å². The fraction of sp³-hybridized carbons (Fsp3) is 0.381. The summed E-state index contributed by atoms with van der Waals surface area (Å²) in [5, 5.41) is 2.83. The molecule has 162 valence electrons. The number of benzene rings is 2. The van der Waals surface area contributed by atoms with Gasteiger partial charge in [0, 0.05) is 31.4 Å². The lowest BCUT2D eigenvalue weighted by molar-refractivity contribution is 0.102. The molecule has 2 aromatic rings. The standard InChI is InChI=1S/C21H25ClN2O5S/c1-24(2)30(26,27)20-12-14(8-10-17(20)22)21(25)23-15-9-11-18(28-3)19(13-15)29-16-6-4-5-7-16/h8-13,16H,4-7H2,1-3H3,(H,23,25). The van der Waals surface area contributed by atoms with Gasteiger partial charge in [-0.1, -0.05) is 11.6 Å². The van der Waals surface area contributed by atoms with Crippen molar-refractivity contribution in [3.05, 3.63) is 47.0 Å². The van der Waals surface area contributed by atoms with Gasteiger partial charge in [0.15, 0.2) is 11.5 Å². The number of ether oxygens (including phenoxy) is 2. The van der Waals surface area contributed by atoms with E-state index in [0.717, 1.165) is 30.0 Å². The molecule has 0 saturated heterocycles. The maximum Gasteiger partial charge on any atom is 0.255 e. The van der Waals surface area contributed by atoms with E-state index in [1.54, 1.807) is 25.3 Å². The lowest BCUT2D eigenvalue weighted by Crippen LogP contribution is -2.23. The van der Waals surface area contributed by atoms with Crippen molar-refractivity contribution >= 4 is 33.2 Å². The number of hydrogen-bond acceptors (Lipinski definition) is 5. The zero-order valence-electron chi connectivity index (χ0n) is 17.1. The topological polar surface area (TPSA) is 84.9 Å². The van der Waals surface area contributed by atoms with Gasteiger partial charge in [0.05, 0.1) is 18.2 Å². The van der Waals surface area contributed by atoms with Crippen molar-refractivity contribution in [1.82, 2.24) is 4.31 Å². The number of hydrogen-bond donors (Lipinski definition) is 1. The first-order chi connectivity index (χ1) is 14.2. The third kappa shape index (κ3) is 4.88. The minimum Gasteiger partial charge on any atom is -0.493 e. The molecule has 1 aliphatic rings. The summed E-state index contributed by atoms with van der Waals surface area (Å²) in [5.74, 6) is 0.693. The molecule has 0 unspecified atom stereocenters. The summed E-state index contributed by atoms with van der Waals surface area (Å²) < 4.78 is 37.4. The van der Waals surface area contributed by atoms with Crippen LogP contribution in [-0.2, 0) is 10.0 Å². The number of sulfonamides is 1. The highest BCUT2D eigenvalue weighted by Gasteiger charge is 2.23. The van der Waals surface area contributed by atoms with E-state index in [2.05, 4.69) is 5.32 Å². The monoisotopic (exact) mass is 452 g/mol. The molecule has 30 heavy (non-hydrogen) atoms. The van der Waals surface area contributed by atoms with Crippen LogP contribution in [-0.4, -0.2) is 45.9 Å². The predicted molar refractivity (Wildman–Crippen MR) is 116 cm³/mol. The second kappa shape index (κ2) is 9.24. The average molecular weight is 453 g/mol. The Morgan fingerprint density at radius 2 is 1.80 bits per heavy atom. The summed E-state index contributed by atoms with van der Waals surface area (Å²) in [5.41, 5.74) is 0.690. The number of carbonyl (C=O) groups excluding carboxylic acids is 1. The zero-order chi connectivity index (χ0) is 21.9. The first-order valence-electron chi connectivity index (χ1n) is 9.60. The molecule has 1 aliphatic carbocycles. The van der Waals surface area contributed by atoms with Gasteiger partial charge in [-0.3, -0.25) is 4.79 Å². The molecule has 0 aromatic heterocycles. The molecule has 0 atom stereocenters. The molecule has 0 aliphatic heterocycles. The van der Waals surface area contributed by atoms with Gasteiger partial charge in [-0.2, -0.15) is 0 Å². The number of rotatable bonds is 7. The molecule has 1 saturated carbocycles. The normalized spacial score (nSPS) is 14.7. The van der Waals surface area contributed by atoms with Crippen LogP contribution in [0, 0.1) is 0 Å². The Bertz CT molecular complexity index is 1030. The van der Waals surface area contributed by atoms with Crippen LogP contribution in [0.5, 0.6) is 11.5 Å². The van der Waals surface area contributed by atoms with Crippen LogP contribution in [0.25, 0.3) is 0 Å². The summed E-state index contributed by atoms with van der Waals surface area (Å²) in [4.78, 5) is 12.6. The number of nitrogens with zero attached hydrogens (tertiary/aromatic N) is 1. The number of carbonyl (C=O) groups is 1. The van der Waals surface area contributed by atoms with Gasteiger partial charge in [0.2, 0.25) is 10.0 Å². The molecular weight excluding hydrogens is 428 g/mol. The Balaban J connectivity index is 1.84. The Morgan fingerprint density at radius 3 is 2.43 bits per heavy atom. The Morgan fingerprint density at radius 1 is 1.10 bits per heavy atom. The highest BCUT2D eigenvalue weighted by molar-refractivity contribution is 7.89. The Labute approximate surface area is 182 Å². The van der Waals surface area contributed by atoms with Crippen molar-refractivity contribution in [2.24, 2.45) is 0 Å². The van der Waals surface area contributed by atoms with Gasteiger partial charge in [-0.25, -0.2) is 12.7 Å². The second-order valence-corrected chi connectivity index (χ2v) is 9.80. The van der Waals surface area contributed by atoms with Crippen LogP contribution in [0.1, 0.15) is 36.0 Å². The van der Waals surface area contributed by atoms with E-state index >= 15 is 0 Å². The highest BCUT2D eigenvalue weighted by atomic mass is 35.5. The molecular formula is C21H25ClN2O5S. The lowest BCUT2D eigenvalue weighted by atomic mass is 10.2. The first kappa shape index (κ1) is 22.4. The average Bonchev–Trinajstić information content (AvgIpc) is 3.21. The molecule has 2 aromatic carbocycles. The predicted octanol–water partition coefficient (Wildman–Crippen LogP) is 4.17. The van der Waals surface area contributed by atoms with Crippen molar-refractivity contribution in [2.45, 2.75) is 36.7 Å². The number of halogens is 1. The van der Waals surface area contributed by atoms with Gasteiger partial charge in [-0.15, -0.1) is 0 Å². The number of anilines is 1. The minimum atomic E-state index is -3.78. The molecule has 0 spiro atoms. The summed E-state index contributed by atoms with van der Waals surface area (Å²) in [6.07, 6.45) is 4.40. The van der Waals surface area contributed by atoms with E-state index in [4.69, 9.17) is 21.1 Å². The van der Waals surface area contributed by atoms with Gasteiger partial charge in [-0.05, 0) is 56.0 Å². The molecule has 9 heteroatoms. The van der Waals surface area contributed by atoms with E-state index < -0.39 is 15.9 Å². The largest absolute Gasteiger partial charge is 0.493 e. The number of nitrogens with one attached hydrogen (secondary N) is 1. The van der Waals surface area contributed by atoms with Crippen molar-refractivity contribution in [1.29, 1.82) is 0 Å². The summed E-state index contributed by atoms with van der Waals surface area (Å²) in [6.45, 7) is 0. The van der Waals surface area contributed by atoms with Crippen molar-refractivity contribution < 1.29 is 22.7 Å². The third-order valence-electron chi connectivity index (χ3n) is 4.97. The number of amides is 1. The van der Waals surface area contributed by atoms with E-state index in [1.165, 1.54) is 32.3 Å². The minimum absolute atomic E-state index is 0.0527. The van der Waals surface area contributed by atoms with Crippen LogP contribution < -0.4 is 14.8 Å². The van der Waals surface area contributed by atoms with Gasteiger partial charge >= 0.3 is 0 Å². The molecule has 1 fully saturated rings. The fourth-order valence-corrected chi connectivity index (χ4v) is 4.67. The van der Waals surface area contributed by atoms with Crippen molar-refractivity contribution in [2.75, 3.05) is 26.5 Å². The zero-order valence-corrected chi connectivity index (χ0v) is 18.7. The van der Waals surface area contributed by atoms with Gasteiger partial charge in [0.25, 0.3) is 5.91 Å². The van der Waals surface area contributed by atoms with E-state index in [-0.39, 0.29) is 21.6 Å². The maximum atomic E-state index is 12.8. The first-order valence-corrected chi connectivity index (χ1v) is 11.4. The summed E-state index contributed by atoms with van der Waals surface area (Å²) >= 11 is 6.06. The van der Waals surface area contributed by atoms with Gasteiger partial charge in [0.1, 0.15) is 4.90 Å². The molecule has 1 N–H and O–H groups in total. The Hall–Kier alpha value is -2.29. The molecule has 0 bridgehead atoms. The van der Waals surface area contributed by atoms with E-state index in [1.807, 2.05) is 0 Å². The van der Waals surface area contributed by atoms with Gasteiger partial charge < -0.3 is 14.8 Å². The third-order valence-corrected chi connectivity index (χ3v) is 7.27. The molecule has 1 amide bonds. The van der Waals surface area contributed by atoms with Crippen LogP contribution in [0.2, 0.25) is 5.02 Å². The van der Waals surface area contributed by atoms with E-state index in [0.29, 0.717) is 17.2 Å². The second-order valence-electron chi connectivity index (χ2n) is 7.28. The Kier molecular flexibility index (Phi) is 6.90. The number of methoxy groups -OCH3 is 1. The van der Waals surface area contributed by atoms with Crippen LogP contribution in [0.3, 0.4) is 0 Å². The SMILES string of the molecule is COc1ccc(NC(=O)c2ccc(Cl)c(S(=O)(=O)N(C)C)c2)cc1OC1CCCC1. The summed E-state index contributed by atoms with van der Waals surface area (Å²) in [7, 11) is 0.593. The summed E-state index contributed by atoms with van der Waals surface area (Å²) in [6, 6.07) is 9.28.